The van der Waals surface area contributed by atoms with E-state index in [1.165, 1.54) is 6.92 Å². The Morgan fingerprint density at radius 1 is 1.29 bits per heavy atom. The van der Waals surface area contributed by atoms with Crippen molar-refractivity contribution in [2.45, 2.75) is 39.3 Å². The monoisotopic (exact) mass is 364 g/mol. The molecule has 0 aliphatic carbocycles. The molecule has 0 heterocycles. The standard InChI is InChI=1S/C16H20ClF3N2O2/c1-3-4-5-15(24)21-8-9-22(11(2)23)14-10-12(16(18,19)20)6-7-13(14)17/h6-7,10H,3-5,8-9H2,1-2H3,(H,21,24). The van der Waals surface area contributed by atoms with Gasteiger partial charge in [0.15, 0.2) is 0 Å². The summed E-state index contributed by atoms with van der Waals surface area (Å²) >= 11 is 5.95. The summed E-state index contributed by atoms with van der Waals surface area (Å²) in [5.41, 5.74) is -0.915. The minimum Gasteiger partial charge on any atom is -0.354 e. The second kappa shape index (κ2) is 8.92. The van der Waals surface area contributed by atoms with Crippen molar-refractivity contribution >= 4 is 29.1 Å². The van der Waals surface area contributed by atoms with Crippen LogP contribution in [0.5, 0.6) is 0 Å². The van der Waals surface area contributed by atoms with Crippen molar-refractivity contribution in [2.24, 2.45) is 0 Å². The van der Waals surface area contributed by atoms with Crippen molar-refractivity contribution in [3.8, 4) is 0 Å². The molecule has 134 valence electrons. The first kappa shape index (κ1) is 20.3. The van der Waals surface area contributed by atoms with Crippen molar-refractivity contribution in [3.05, 3.63) is 28.8 Å². The number of carbonyl (C=O) groups excluding carboxylic acids is 2. The van der Waals surface area contributed by atoms with E-state index in [9.17, 15) is 22.8 Å². The molecule has 0 aromatic heterocycles. The van der Waals surface area contributed by atoms with Gasteiger partial charge in [-0.05, 0) is 24.6 Å². The predicted octanol–water partition coefficient (Wildman–Crippen LogP) is 4.02. The fourth-order valence-corrected chi connectivity index (χ4v) is 2.30. The lowest BCUT2D eigenvalue weighted by molar-refractivity contribution is -0.137. The summed E-state index contributed by atoms with van der Waals surface area (Å²) in [6.45, 7) is 3.36. The number of nitrogens with zero attached hydrogens (tertiary/aromatic N) is 1. The van der Waals surface area contributed by atoms with Gasteiger partial charge in [-0.2, -0.15) is 13.2 Å². The third-order valence-corrected chi connectivity index (χ3v) is 3.68. The van der Waals surface area contributed by atoms with Gasteiger partial charge in [0, 0.05) is 26.4 Å². The van der Waals surface area contributed by atoms with Crippen LogP contribution in [0.4, 0.5) is 18.9 Å². The lowest BCUT2D eigenvalue weighted by Crippen LogP contribution is -2.37. The Balaban J connectivity index is 2.85. The van der Waals surface area contributed by atoms with Crippen LogP contribution in [0.3, 0.4) is 0 Å². The molecule has 1 aromatic carbocycles. The predicted molar refractivity (Wildman–Crippen MR) is 87.0 cm³/mol. The van der Waals surface area contributed by atoms with Gasteiger partial charge in [-0.15, -0.1) is 0 Å². The minimum atomic E-state index is -4.53. The van der Waals surface area contributed by atoms with E-state index in [1.54, 1.807) is 0 Å². The van der Waals surface area contributed by atoms with Crippen LogP contribution in [-0.4, -0.2) is 24.9 Å². The largest absolute Gasteiger partial charge is 0.416 e. The summed E-state index contributed by atoms with van der Waals surface area (Å²) in [4.78, 5) is 24.5. The first-order valence-corrected chi connectivity index (χ1v) is 7.96. The van der Waals surface area contributed by atoms with Gasteiger partial charge >= 0.3 is 6.18 Å². The van der Waals surface area contributed by atoms with E-state index < -0.39 is 17.6 Å². The van der Waals surface area contributed by atoms with Gasteiger partial charge in [-0.25, -0.2) is 0 Å². The highest BCUT2D eigenvalue weighted by atomic mass is 35.5. The second-order valence-electron chi connectivity index (χ2n) is 5.29. The van der Waals surface area contributed by atoms with E-state index >= 15 is 0 Å². The molecule has 0 radical (unpaired) electrons. The summed E-state index contributed by atoms with van der Waals surface area (Å²) in [5, 5.41) is 2.68. The Labute approximate surface area is 144 Å². The number of rotatable bonds is 7. The van der Waals surface area contributed by atoms with Crippen LogP contribution in [-0.2, 0) is 15.8 Å². The first-order valence-electron chi connectivity index (χ1n) is 7.58. The number of halogens is 4. The summed E-state index contributed by atoms with van der Waals surface area (Å²) in [6.07, 6.45) is -2.52. The number of hydrogen-bond donors (Lipinski definition) is 1. The number of unbranched alkanes of at least 4 members (excludes halogenated alkanes) is 1. The summed E-state index contributed by atoms with van der Waals surface area (Å²) in [5.74, 6) is -0.616. The molecule has 8 heteroatoms. The van der Waals surface area contributed by atoms with Crippen molar-refractivity contribution in [1.29, 1.82) is 0 Å². The van der Waals surface area contributed by atoms with Gasteiger partial charge in [-0.3, -0.25) is 9.59 Å². The van der Waals surface area contributed by atoms with Gasteiger partial charge < -0.3 is 10.2 Å². The maximum absolute atomic E-state index is 12.8. The van der Waals surface area contributed by atoms with Crippen molar-refractivity contribution < 1.29 is 22.8 Å². The number of amides is 2. The Morgan fingerprint density at radius 2 is 1.96 bits per heavy atom. The van der Waals surface area contributed by atoms with E-state index in [-0.39, 0.29) is 29.7 Å². The third kappa shape index (κ3) is 6.03. The van der Waals surface area contributed by atoms with Gasteiger partial charge in [0.2, 0.25) is 11.8 Å². The number of carbonyl (C=O) groups is 2. The van der Waals surface area contributed by atoms with E-state index in [2.05, 4.69) is 5.32 Å². The van der Waals surface area contributed by atoms with Crippen LogP contribution in [0.25, 0.3) is 0 Å². The number of benzene rings is 1. The third-order valence-electron chi connectivity index (χ3n) is 3.36. The highest BCUT2D eigenvalue weighted by Gasteiger charge is 2.31. The lowest BCUT2D eigenvalue weighted by Gasteiger charge is -2.23. The van der Waals surface area contributed by atoms with Crippen molar-refractivity contribution in [1.82, 2.24) is 5.32 Å². The van der Waals surface area contributed by atoms with Crippen LogP contribution >= 0.6 is 11.6 Å². The zero-order chi connectivity index (χ0) is 18.3. The van der Waals surface area contributed by atoms with E-state index in [4.69, 9.17) is 11.6 Å². The van der Waals surface area contributed by atoms with E-state index in [0.29, 0.717) is 6.42 Å². The normalized spacial score (nSPS) is 11.2. The molecule has 0 aliphatic rings. The highest BCUT2D eigenvalue weighted by molar-refractivity contribution is 6.33. The first-order chi connectivity index (χ1) is 11.2. The molecule has 0 atom stereocenters. The lowest BCUT2D eigenvalue weighted by atomic mass is 10.1. The van der Waals surface area contributed by atoms with Gasteiger partial charge in [-0.1, -0.05) is 24.9 Å². The smallest absolute Gasteiger partial charge is 0.354 e. The maximum Gasteiger partial charge on any atom is 0.416 e. The molecule has 2 amide bonds. The Hall–Kier alpha value is -1.76. The van der Waals surface area contributed by atoms with Crippen molar-refractivity contribution in [3.63, 3.8) is 0 Å². The molecule has 0 fully saturated rings. The molecule has 0 spiro atoms. The quantitative estimate of drug-likeness (QED) is 0.794. The number of hydrogen-bond acceptors (Lipinski definition) is 2. The van der Waals surface area contributed by atoms with Crippen LogP contribution in [0.15, 0.2) is 18.2 Å². The fourth-order valence-electron chi connectivity index (χ4n) is 2.08. The Morgan fingerprint density at radius 3 is 2.50 bits per heavy atom. The van der Waals surface area contributed by atoms with E-state index in [1.807, 2.05) is 6.92 Å². The second-order valence-corrected chi connectivity index (χ2v) is 5.70. The average molecular weight is 365 g/mol. The summed E-state index contributed by atoms with van der Waals surface area (Å²) in [6, 6.07) is 2.80. The van der Waals surface area contributed by atoms with Crippen LogP contribution < -0.4 is 10.2 Å². The molecule has 0 saturated heterocycles. The molecule has 0 aliphatic heterocycles. The molecule has 1 aromatic rings. The Kier molecular flexibility index (Phi) is 7.54. The molecule has 1 N–H and O–H groups in total. The SMILES string of the molecule is CCCCC(=O)NCCN(C(C)=O)c1cc(C(F)(F)F)ccc1Cl. The minimum absolute atomic E-state index is 0.0261. The topological polar surface area (TPSA) is 49.4 Å². The zero-order valence-electron chi connectivity index (χ0n) is 13.5. The van der Waals surface area contributed by atoms with E-state index in [0.717, 1.165) is 35.9 Å². The number of nitrogens with one attached hydrogen (secondary N) is 1. The highest BCUT2D eigenvalue weighted by Crippen LogP contribution is 2.35. The molecule has 1 rings (SSSR count). The molecule has 4 nitrogen and oxygen atoms in total. The molecule has 0 saturated carbocycles. The van der Waals surface area contributed by atoms with Crippen molar-refractivity contribution in [2.75, 3.05) is 18.0 Å². The molecule has 24 heavy (non-hydrogen) atoms. The van der Waals surface area contributed by atoms with Gasteiger partial charge in [0.05, 0.1) is 16.3 Å². The van der Waals surface area contributed by atoms with Gasteiger partial charge in [0.1, 0.15) is 0 Å². The number of alkyl halides is 3. The zero-order valence-corrected chi connectivity index (χ0v) is 14.3. The van der Waals surface area contributed by atoms with Crippen LogP contribution in [0.2, 0.25) is 5.02 Å². The average Bonchev–Trinajstić information content (AvgIpc) is 2.49. The van der Waals surface area contributed by atoms with Gasteiger partial charge in [0.25, 0.3) is 0 Å². The fraction of sp³-hybridized carbons (Fsp3) is 0.500. The molecule has 0 unspecified atom stereocenters. The molecule has 0 bridgehead atoms. The molecular formula is C16H20ClF3N2O2. The summed E-state index contributed by atoms with van der Waals surface area (Å²) in [7, 11) is 0. The Bertz CT molecular complexity index is 591. The van der Waals surface area contributed by atoms with Crippen LogP contribution in [0.1, 0.15) is 38.7 Å². The molecular weight excluding hydrogens is 345 g/mol. The maximum atomic E-state index is 12.8. The number of anilines is 1. The van der Waals surface area contributed by atoms with Crippen LogP contribution in [0, 0.1) is 0 Å². The summed E-state index contributed by atoms with van der Waals surface area (Å²) < 4.78 is 38.5.